The van der Waals surface area contributed by atoms with Gasteiger partial charge in [0.1, 0.15) is 5.82 Å². The maximum Gasteiger partial charge on any atom is 0.146 e. The second kappa shape index (κ2) is 6.17. The van der Waals surface area contributed by atoms with Crippen LogP contribution in [0.25, 0.3) is 0 Å². The van der Waals surface area contributed by atoms with E-state index in [9.17, 15) is 4.39 Å². The first-order valence-corrected chi connectivity index (χ1v) is 3.08. The third-order valence-corrected chi connectivity index (χ3v) is 1.22. The number of aromatic nitrogens is 1. The summed E-state index contributed by atoms with van der Waals surface area (Å²) in [5, 5.41) is 0. The number of nitrogens with zero attached hydrogens (tertiary/aromatic N) is 1. The first-order valence-electron chi connectivity index (χ1n) is 3.08. The van der Waals surface area contributed by atoms with Crippen molar-refractivity contribution in [2.24, 2.45) is 5.73 Å². The first-order chi connectivity index (χ1) is 4.72. The number of hydrogen-bond donors (Lipinski definition) is 1. The van der Waals surface area contributed by atoms with Crippen molar-refractivity contribution >= 4 is 24.8 Å². The molecule has 1 heterocycles. The molecule has 0 bridgehead atoms. The van der Waals surface area contributed by atoms with Crippen LogP contribution in [-0.4, -0.2) is 4.98 Å². The fourth-order valence-corrected chi connectivity index (χ4v) is 0.733. The molecule has 2 nitrogen and oxygen atoms in total. The molecule has 1 rings (SSSR count). The van der Waals surface area contributed by atoms with Gasteiger partial charge in [-0.3, -0.25) is 4.98 Å². The standard InChI is InChI=1S/C7H9FN2.2ClH/c1-5(9)7-6(8)3-2-4-10-7;;/h2-5H,9H2,1H3;2*1H/t5-;;/m0../s1. The van der Waals surface area contributed by atoms with Gasteiger partial charge in [0.05, 0.1) is 5.69 Å². The SMILES string of the molecule is C[C@H](N)c1ncccc1F.Cl.Cl. The Kier molecular flexibility index (Phi) is 7.28. The van der Waals surface area contributed by atoms with Gasteiger partial charge in [-0.05, 0) is 19.1 Å². The van der Waals surface area contributed by atoms with Crippen LogP contribution in [0, 0.1) is 5.82 Å². The molecule has 0 aromatic carbocycles. The van der Waals surface area contributed by atoms with E-state index in [-0.39, 0.29) is 36.7 Å². The van der Waals surface area contributed by atoms with Crippen molar-refractivity contribution in [2.75, 3.05) is 0 Å². The Morgan fingerprint density at radius 1 is 1.50 bits per heavy atom. The summed E-state index contributed by atoms with van der Waals surface area (Å²) in [6.07, 6.45) is 1.53. The number of rotatable bonds is 1. The molecule has 0 radical (unpaired) electrons. The van der Waals surface area contributed by atoms with E-state index in [1.54, 1.807) is 13.0 Å². The van der Waals surface area contributed by atoms with Gasteiger partial charge in [0.2, 0.25) is 0 Å². The van der Waals surface area contributed by atoms with Crippen molar-refractivity contribution in [3.05, 3.63) is 29.8 Å². The summed E-state index contributed by atoms with van der Waals surface area (Å²) in [4.78, 5) is 3.78. The number of halogens is 3. The highest BCUT2D eigenvalue weighted by molar-refractivity contribution is 5.85. The zero-order chi connectivity index (χ0) is 7.56. The molecule has 0 aliphatic rings. The molecule has 5 heteroatoms. The van der Waals surface area contributed by atoms with Gasteiger partial charge >= 0.3 is 0 Å². The highest BCUT2D eigenvalue weighted by atomic mass is 35.5. The maximum absolute atomic E-state index is 12.7. The quantitative estimate of drug-likeness (QED) is 0.775. The highest BCUT2D eigenvalue weighted by Crippen LogP contribution is 2.09. The van der Waals surface area contributed by atoms with E-state index in [2.05, 4.69) is 4.98 Å². The van der Waals surface area contributed by atoms with Crippen LogP contribution in [0.1, 0.15) is 18.7 Å². The molecule has 1 aromatic heterocycles. The molecule has 0 amide bonds. The van der Waals surface area contributed by atoms with Gasteiger partial charge < -0.3 is 5.73 Å². The first kappa shape index (κ1) is 14.2. The van der Waals surface area contributed by atoms with E-state index in [4.69, 9.17) is 5.73 Å². The highest BCUT2D eigenvalue weighted by Gasteiger charge is 2.05. The van der Waals surface area contributed by atoms with E-state index < -0.39 is 0 Å². The van der Waals surface area contributed by atoms with E-state index in [0.717, 1.165) is 0 Å². The van der Waals surface area contributed by atoms with Crippen molar-refractivity contribution in [2.45, 2.75) is 13.0 Å². The Morgan fingerprint density at radius 3 is 2.42 bits per heavy atom. The summed E-state index contributed by atoms with van der Waals surface area (Å²) < 4.78 is 12.7. The normalized spacial score (nSPS) is 10.9. The maximum atomic E-state index is 12.7. The monoisotopic (exact) mass is 212 g/mol. The van der Waals surface area contributed by atoms with E-state index >= 15 is 0 Å². The summed E-state index contributed by atoms with van der Waals surface area (Å²) in [6.45, 7) is 1.70. The summed E-state index contributed by atoms with van der Waals surface area (Å²) in [5.74, 6) is -0.336. The summed E-state index contributed by atoms with van der Waals surface area (Å²) >= 11 is 0. The van der Waals surface area contributed by atoms with Crippen LogP contribution in [-0.2, 0) is 0 Å². The lowest BCUT2D eigenvalue weighted by molar-refractivity contribution is 0.579. The molecule has 0 saturated carbocycles. The van der Waals surface area contributed by atoms with Crippen LogP contribution in [0.4, 0.5) is 4.39 Å². The predicted octanol–water partition coefficient (Wildman–Crippen LogP) is 2.08. The second-order valence-electron chi connectivity index (χ2n) is 2.16. The average Bonchev–Trinajstić information content (AvgIpc) is 1.88. The Hall–Kier alpha value is -0.380. The Labute approximate surface area is 83.2 Å². The Bertz CT molecular complexity index is 230. The number of nitrogens with two attached hydrogens (primary N) is 1. The molecule has 2 N–H and O–H groups in total. The molecule has 0 aliphatic heterocycles. The Morgan fingerprint density at radius 2 is 2.08 bits per heavy atom. The van der Waals surface area contributed by atoms with Crippen LogP contribution in [0.2, 0.25) is 0 Å². The van der Waals surface area contributed by atoms with Crippen molar-refractivity contribution in [1.29, 1.82) is 0 Å². The summed E-state index contributed by atoms with van der Waals surface area (Å²) in [6, 6.07) is 2.56. The van der Waals surface area contributed by atoms with Gasteiger partial charge in [-0.15, -0.1) is 24.8 Å². The zero-order valence-corrected chi connectivity index (χ0v) is 8.16. The van der Waals surface area contributed by atoms with Crippen LogP contribution in [0.15, 0.2) is 18.3 Å². The molecule has 0 aliphatic carbocycles. The summed E-state index contributed by atoms with van der Waals surface area (Å²) in [7, 11) is 0. The van der Waals surface area contributed by atoms with Crippen molar-refractivity contribution in [3.8, 4) is 0 Å². The van der Waals surface area contributed by atoms with Crippen molar-refractivity contribution in [1.82, 2.24) is 4.98 Å². The molecule has 1 atom stereocenters. The van der Waals surface area contributed by atoms with E-state index in [0.29, 0.717) is 5.69 Å². The van der Waals surface area contributed by atoms with Gasteiger partial charge in [-0.2, -0.15) is 0 Å². The number of hydrogen-bond acceptors (Lipinski definition) is 2. The minimum Gasteiger partial charge on any atom is -0.323 e. The van der Waals surface area contributed by atoms with Gasteiger partial charge in [0, 0.05) is 12.2 Å². The molecule has 1 aromatic rings. The molecule has 0 spiro atoms. The third kappa shape index (κ3) is 3.34. The van der Waals surface area contributed by atoms with Crippen LogP contribution in [0.5, 0.6) is 0 Å². The average molecular weight is 213 g/mol. The van der Waals surface area contributed by atoms with Gasteiger partial charge in [-0.25, -0.2) is 4.39 Å². The minimum atomic E-state index is -0.336. The van der Waals surface area contributed by atoms with Gasteiger partial charge in [-0.1, -0.05) is 0 Å². The van der Waals surface area contributed by atoms with Crippen molar-refractivity contribution in [3.63, 3.8) is 0 Å². The lowest BCUT2D eigenvalue weighted by Crippen LogP contribution is -2.09. The lowest BCUT2D eigenvalue weighted by Gasteiger charge is -2.03. The minimum absolute atomic E-state index is 0. The second-order valence-corrected chi connectivity index (χ2v) is 2.16. The molecule has 0 saturated heterocycles. The molecular formula is C7H11Cl2FN2. The molecule has 0 unspecified atom stereocenters. The van der Waals surface area contributed by atoms with Crippen LogP contribution < -0.4 is 5.73 Å². The molecular weight excluding hydrogens is 202 g/mol. The molecule has 0 fully saturated rings. The van der Waals surface area contributed by atoms with E-state index in [1.165, 1.54) is 12.3 Å². The van der Waals surface area contributed by atoms with Crippen LogP contribution >= 0.6 is 24.8 Å². The molecule has 70 valence electrons. The predicted molar refractivity (Wildman–Crippen MR) is 51.3 cm³/mol. The summed E-state index contributed by atoms with van der Waals surface area (Å²) in [5.41, 5.74) is 5.73. The smallest absolute Gasteiger partial charge is 0.146 e. The third-order valence-electron chi connectivity index (χ3n) is 1.22. The number of pyridine rings is 1. The molecule has 12 heavy (non-hydrogen) atoms. The fourth-order valence-electron chi connectivity index (χ4n) is 0.733. The lowest BCUT2D eigenvalue weighted by atomic mass is 10.2. The zero-order valence-electron chi connectivity index (χ0n) is 6.53. The largest absolute Gasteiger partial charge is 0.323 e. The van der Waals surface area contributed by atoms with Gasteiger partial charge in [0.15, 0.2) is 0 Å². The Balaban J connectivity index is 0. The van der Waals surface area contributed by atoms with Crippen LogP contribution in [0.3, 0.4) is 0 Å². The topological polar surface area (TPSA) is 38.9 Å². The van der Waals surface area contributed by atoms with Crippen molar-refractivity contribution < 1.29 is 4.39 Å². The fraction of sp³-hybridized carbons (Fsp3) is 0.286. The van der Waals surface area contributed by atoms with E-state index in [1.807, 2.05) is 0 Å². The van der Waals surface area contributed by atoms with Gasteiger partial charge in [0.25, 0.3) is 0 Å².